The highest BCUT2D eigenvalue weighted by Gasteiger charge is 2.19. The van der Waals surface area contributed by atoms with Crippen LogP contribution in [0.2, 0.25) is 0 Å². The molecule has 1 rings (SSSR count). The lowest BCUT2D eigenvalue weighted by molar-refractivity contribution is 0.122. The first-order valence-electron chi connectivity index (χ1n) is 4.92. The molecule has 0 aliphatic carbocycles. The maximum Gasteiger partial charge on any atom is 0.148 e. The lowest BCUT2D eigenvalue weighted by atomic mass is 10.00. The fourth-order valence-corrected chi connectivity index (χ4v) is 1.87. The summed E-state index contributed by atoms with van der Waals surface area (Å²) < 4.78 is 0. The van der Waals surface area contributed by atoms with Gasteiger partial charge >= 0.3 is 0 Å². The molecule has 0 fully saturated rings. The third-order valence-electron chi connectivity index (χ3n) is 2.07. The van der Waals surface area contributed by atoms with Gasteiger partial charge < -0.3 is 5.11 Å². The SMILES string of the molecule is CCCCC#C[C@@](C)(O)c1ccsc1. The summed E-state index contributed by atoms with van der Waals surface area (Å²) in [4.78, 5) is 0. The Bertz CT molecular complexity index is 314. The van der Waals surface area contributed by atoms with Crippen molar-refractivity contribution in [1.82, 2.24) is 0 Å². The smallest absolute Gasteiger partial charge is 0.148 e. The molecule has 0 aliphatic heterocycles. The normalized spacial score (nSPS) is 14.2. The van der Waals surface area contributed by atoms with Gasteiger partial charge in [-0.2, -0.15) is 11.3 Å². The van der Waals surface area contributed by atoms with Crippen LogP contribution in [0.5, 0.6) is 0 Å². The summed E-state index contributed by atoms with van der Waals surface area (Å²) in [5.41, 5.74) is -0.0835. The first-order chi connectivity index (χ1) is 6.67. The molecule has 0 unspecified atom stereocenters. The average molecular weight is 208 g/mol. The summed E-state index contributed by atoms with van der Waals surface area (Å²) >= 11 is 1.58. The van der Waals surface area contributed by atoms with Crippen LogP contribution >= 0.6 is 11.3 Å². The molecular weight excluding hydrogens is 192 g/mol. The van der Waals surface area contributed by atoms with Gasteiger partial charge in [0.05, 0.1) is 0 Å². The summed E-state index contributed by atoms with van der Waals surface area (Å²) in [5.74, 6) is 5.93. The van der Waals surface area contributed by atoms with Crippen molar-refractivity contribution in [2.45, 2.75) is 38.7 Å². The van der Waals surface area contributed by atoms with Crippen molar-refractivity contribution in [3.63, 3.8) is 0 Å². The number of thiophene rings is 1. The highest BCUT2D eigenvalue weighted by atomic mass is 32.1. The Morgan fingerprint density at radius 1 is 1.57 bits per heavy atom. The topological polar surface area (TPSA) is 20.2 Å². The third-order valence-corrected chi connectivity index (χ3v) is 2.75. The standard InChI is InChI=1S/C12H16OS/c1-3-4-5-6-8-12(2,13)11-7-9-14-10-11/h7,9-10,13H,3-5H2,1-2H3/t12-/m1/s1. The molecule has 0 saturated carbocycles. The van der Waals surface area contributed by atoms with Crippen molar-refractivity contribution in [3.8, 4) is 11.8 Å². The fraction of sp³-hybridized carbons (Fsp3) is 0.500. The van der Waals surface area contributed by atoms with Crippen LogP contribution in [0.4, 0.5) is 0 Å². The van der Waals surface area contributed by atoms with E-state index < -0.39 is 5.60 Å². The van der Waals surface area contributed by atoms with E-state index in [1.807, 2.05) is 16.8 Å². The molecule has 1 aromatic rings. The molecule has 14 heavy (non-hydrogen) atoms. The van der Waals surface area contributed by atoms with Gasteiger partial charge in [0.2, 0.25) is 0 Å². The predicted octanol–water partition coefficient (Wildman–Crippen LogP) is 3.15. The molecule has 1 N–H and O–H groups in total. The molecule has 76 valence electrons. The number of hydrogen-bond donors (Lipinski definition) is 1. The monoisotopic (exact) mass is 208 g/mol. The predicted molar refractivity (Wildman–Crippen MR) is 61.2 cm³/mol. The first kappa shape index (κ1) is 11.3. The quantitative estimate of drug-likeness (QED) is 0.597. The van der Waals surface area contributed by atoms with E-state index in [2.05, 4.69) is 18.8 Å². The van der Waals surface area contributed by atoms with E-state index in [1.165, 1.54) is 0 Å². The summed E-state index contributed by atoms with van der Waals surface area (Å²) in [6, 6.07) is 1.92. The largest absolute Gasteiger partial charge is 0.374 e. The van der Waals surface area contributed by atoms with E-state index in [0.29, 0.717) is 0 Å². The Morgan fingerprint density at radius 2 is 2.36 bits per heavy atom. The summed E-state index contributed by atoms with van der Waals surface area (Å²) in [6.07, 6.45) is 3.12. The van der Waals surface area contributed by atoms with Crippen molar-refractivity contribution in [2.75, 3.05) is 0 Å². The lowest BCUT2D eigenvalue weighted by Gasteiger charge is -2.13. The zero-order chi connectivity index (χ0) is 10.4. The van der Waals surface area contributed by atoms with E-state index in [1.54, 1.807) is 18.3 Å². The van der Waals surface area contributed by atoms with Gasteiger partial charge in [-0.15, -0.1) is 0 Å². The van der Waals surface area contributed by atoms with E-state index in [0.717, 1.165) is 24.8 Å². The minimum absolute atomic E-state index is 0.872. The molecule has 0 spiro atoms. The van der Waals surface area contributed by atoms with Gasteiger partial charge in [-0.3, -0.25) is 0 Å². The molecule has 0 radical (unpaired) electrons. The maximum atomic E-state index is 10.0. The summed E-state index contributed by atoms with van der Waals surface area (Å²) in [7, 11) is 0. The van der Waals surface area contributed by atoms with Gasteiger partial charge in [0, 0.05) is 12.0 Å². The van der Waals surface area contributed by atoms with E-state index in [9.17, 15) is 5.11 Å². The van der Waals surface area contributed by atoms with Crippen LogP contribution in [-0.2, 0) is 5.60 Å². The number of aliphatic hydroxyl groups is 1. The zero-order valence-electron chi connectivity index (χ0n) is 8.71. The number of hydrogen-bond acceptors (Lipinski definition) is 2. The Labute approximate surface area is 89.8 Å². The Balaban J connectivity index is 2.61. The average Bonchev–Trinajstić information content (AvgIpc) is 2.65. The molecule has 0 amide bonds. The molecular formula is C12H16OS. The fourth-order valence-electron chi connectivity index (χ4n) is 1.11. The van der Waals surface area contributed by atoms with Crippen LogP contribution in [0.1, 0.15) is 38.7 Å². The van der Waals surface area contributed by atoms with Gasteiger partial charge in [0.25, 0.3) is 0 Å². The molecule has 1 atom stereocenters. The Hall–Kier alpha value is -0.780. The molecule has 0 bridgehead atoms. The molecule has 0 aliphatic rings. The van der Waals surface area contributed by atoms with Gasteiger partial charge in [0.1, 0.15) is 5.60 Å². The van der Waals surface area contributed by atoms with E-state index in [-0.39, 0.29) is 0 Å². The van der Waals surface area contributed by atoms with Crippen molar-refractivity contribution >= 4 is 11.3 Å². The molecule has 2 heteroatoms. The van der Waals surface area contributed by atoms with Gasteiger partial charge in [-0.25, -0.2) is 0 Å². The van der Waals surface area contributed by atoms with Crippen LogP contribution in [0.15, 0.2) is 16.8 Å². The lowest BCUT2D eigenvalue weighted by Crippen LogP contribution is -2.17. The van der Waals surface area contributed by atoms with Gasteiger partial charge in [0.15, 0.2) is 0 Å². The second-order valence-corrected chi connectivity index (χ2v) is 4.27. The first-order valence-corrected chi connectivity index (χ1v) is 5.86. The van der Waals surface area contributed by atoms with Crippen molar-refractivity contribution in [3.05, 3.63) is 22.4 Å². The zero-order valence-corrected chi connectivity index (χ0v) is 9.53. The van der Waals surface area contributed by atoms with Crippen LogP contribution in [-0.4, -0.2) is 5.11 Å². The van der Waals surface area contributed by atoms with Crippen molar-refractivity contribution in [2.24, 2.45) is 0 Å². The van der Waals surface area contributed by atoms with E-state index in [4.69, 9.17) is 0 Å². The molecule has 0 saturated heterocycles. The van der Waals surface area contributed by atoms with Crippen molar-refractivity contribution in [1.29, 1.82) is 0 Å². The molecule has 1 aromatic heterocycles. The van der Waals surface area contributed by atoms with Crippen LogP contribution < -0.4 is 0 Å². The van der Waals surface area contributed by atoms with Crippen LogP contribution in [0.3, 0.4) is 0 Å². The number of unbranched alkanes of at least 4 members (excludes halogenated alkanes) is 2. The maximum absolute atomic E-state index is 10.0. The second kappa shape index (κ2) is 5.19. The third kappa shape index (κ3) is 3.17. The minimum Gasteiger partial charge on any atom is -0.374 e. The highest BCUT2D eigenvalue weighted by Crippen LogP contribution is 2.21. The number of rotatable bonds is 3. The van der Waals surface area contributed by atoms with Gasteiger partial charge in [-0.05, 0) is 30.2 Å². The highest BCUT2D eigenvalue weighted by molar-refractivity contribution is 7.08. The van der Waals surface area contributed by atoms with Crippen molar-refractivity contribution < 1.29 is 5.11 Å². The van der Waals surface area contributed by atoms with E-state index >= 15 is 0 Å². The Kier molecular flexibility index (Phi) is 4.19. The molecule has 0 aromatic carbocycles. The van der Waals surface area contributed by atoms with Gasteiger partial charge in [-0.1, -0.05) is 25.2 Å². The minimum atomic E-state index is -0.978. The Morgan fingerprint density at radius 3 is 2.93 bits per heavy atom. The van der Waals surface area contributed by atoms with Crippen LogP contribution in [0.25, 0.3) is 0 Å². The molecule has 1 heterocycles. The van der Waals surface area contributed by atoms with Crippen LogP contribution in [0, 0.1) is 11.8 Å². The molecule has 1 nitrogen and oxygen atoms in total. The summed E-state index contributed by atoms with van der Waals surface area (Å²) in [6.45, 7) is 3.88. The summed E-state index contributed by atoms with van der Waals surface area (Å²) in [5, 5.41) is 13.9. The second-order valence-electron chi connectivity index (χ2n) is 3.49.